The summed E-state index contributed by atoms with van der Waals surface area (Å²) >= 11 is 0. The Kier molecular flexibility index (Phi) is 3.03. The van der Waals surface area contributed by atoms with Crippen LogP contribution in [0.1, 0.15) is 53.4 Å². The molecule has 0 amide bonds. The minimum absolute atomic E-state index is 0.0961. The Bertz CT molecular complexity index is 215. The number of halogens is 1. The minimum Gasteiger partial charge on any atom is -0.299 e. The number of hydrogen-bond donors (Lipinski definition) is 0. The maximum absolute atomic E-state index is 13.5. The lowest BCUT2D eigenvalue weighted by atomic mass is 9.73. The van der Waals surface area contributed by atoms with Crippen molar-refractivity contribution < 1.29 is 9.18 Å². The first-order valence-electron chi connectivity index (χ1n) is 5.46. The van der Waals surface area contributed by atoms with E-state index in [9.17, 15) is 9.18 Å². The molecule has 0 unspecified atom stereocenters. The van der Waals surface area contributed by atoms with Crippen molar-refractivity contribution in [3.8, 4) is 0 Å². The number of carbonyl (C=O) groups is 1. The third-order valence-corrected chi connectivity index (χ3v) is 3.14. The highest BCUT2D eigenvalue weighted by molar-refractivity contribution is 5.86. The second-order valence-corrected chi connectivity index (χ2v) is 5.80. The fraction of sp³-hybridized carbons (Fsp3) is 0.917. The number of rotatable bonds is 1. The molecule has 1 rings (SSSR count). The van der Waals surface area contributed by atoms with Crippen LogP contribution in [0.2, 0.25) is 0 Å². The lowest BCUT2D eigenvalue weighted by Crippen LogP contribution is -2.34. The van der Waals surface area contributed by atoms with Gasteiger partial charge in [-0.2, -0.15) is 0 Å². The van der Waals surface area contributed by atoms with Gasteiger partial charge in [0.05, 0.1) is 0 Å². The maximum atomic E-state index is 13.5. The SMILES string of the molecule is CC1(F)CCC(C(=O)C(C)(C)C)CC1. The summed E-state index contributed by atoms with van der Waals surface area (Å²) in [5.74, 6) is 0.395. The van der Waals surface area contributed by atoms with E-state index in [1.165, 1.54) is 0 Å². The fourth-order valence-corrected chi connectivity index (χ4v) is 2.09. The van der Waals surface area contributed by atoms with Crippen molar-refractivity contribution in [1.82, 2.24) is 0 Å². The van der Waals surface area contributed by atoms with Gasteiger partial charge >= 0.3 is 0 Å². The van der Waals surface area contributed by atoms with Gasteiger partial charge < -0.3 is 0 Å². The van der Waals surface area contributed by atoms with Gasteiger partial charge in [-0.05, 0) is 32.6 Å². The van der Waals surface area contributed by atoms with Crippen LogP contribution in [0.25, 0.3) is 0 Å². The zero-order valence-corrected chi connectivity index (χ0v) is 9.69. The molecule has 0 radical (unpaired) electrons. The molecule has 0 bridgehead atoms. The van der Waals surface area contributed by atoms with E-state index in [2.05, 4.69) is 0 Å². The summed E-state index contributed by atoms with van der Waals surface area (Å²) < 4.78 is 13.5. The molecule has 0 aromatic carbocycles. The summed E-state index contributed by atoms with van der Waals surface area (Å²) in [7, 11) is 0. The van der Waals surface area contributed by atoms with Crippen LogP contribution in [0.4, 0.5) is 4.39 Å². The van der Waals surface area contributed by atoms with E-state index in [0.717, 1.165) is 12.8 Å². The van der Waals surface area contributed by atoms with Gasteiger partial charge in [-0.3, -0.25) is 4.79 Å². The summed E-state index contributed by atoms with van der Waals surface area (Å²) in [5, 5.41) is 0. The van der Waals surface area contributed by atoms with Crippen LogP contribution >= 0.6 is 0 Å². The second-order valence-electron chi connectivity index (χ2n) is 5.80. The fourth-order valence-electron chi connectivity index (χ4n) is 2.09. The van der Waals surface area contributed by atoms with Crippen molar-refractivity contribution in [2.45, 2.75) is 59.0 Å². The Morgan fingerprint density at radius 1 is 1.29 bits per heavy atom. The van der Waals surface area contributed by atoms with E-state index in [1.807, 2.05) is 20.8 Å². The quantitative estimate of drug-likeness (QED) is 0.633. The topological polar surface area (TPSA) is 17.1 Å². The Morgan fingerprint density at radius 2 is 1.71 bits per heavy atom. The first-order valence-corrected chi connectivity index (χ1v) is 5.46. The molecule has 0 aromatic rings. The van der Waals surface area contributed by atoms with Gasteiger partial charge in [0.2, 0.25) is 0 Å². The molecule has 0 atom stereocenters. The number of alkyl halides is 1. The molecular formula is C12H21FO. The summed E-state index contributed by atoms with van der Waals surface area (Å²) in [6, 6.07) is 0. The van der Waals surface area contributed by atoms with Crippen LogP contribution in [-0.2, 0) is 4.79 Å². The molecule has 14 heavy (non-hydrogen) atoms. The molecule has 0 N–H and O–H groups in total. The molecule has 82 valence electrons. The van der Waals surface area contributed by atoms with E-state index in [4.69, 9.17) is 0 Å². The van der Waals surface area contributed by atoms with Crippen molar-refractivity contribution >= 4 is 5.78 Å². The molecule has 1 nitrogen and oxygen atoms in total. The molecule has 0 aromatic heterocycles. The first-order chi connectivity index (χ1) is 6.22. The van der Waals surface area contributed by atoms with E-state index in [1.54, 1.807) is 6.92 Å². The Labute approximate surface area is 86.1 Å². The second kappa shape index (κ2) is 3.63. The Hall–Kier alpha value is -0.400. The summed E-state index contributed by atoms with van der Waals surface area (Å²) in [5.41, 5.74) is -1.30. The van der Waals surface area contributed by atoms with Gasteiger partial charge in [-0.15, -0.1) is 0 Å². The highest BCUT2D eigenvalue weighted by Crippen LogP contribution is 2.37. The zero-order chi connectivity index (χ0) is 11.0. The largest absolute Gasteiger partial charge is 0.299 e. The number of carbonyl (C=O) groups excluding carboxylic acids is 1. The summed E-state index contributed by atoms with van der Waals surface area (Å²) in [6.07, 6.45) is 2.53. The predicted octanol–water partition coefficient (Wildman–Crippen LogP) is 3.52. The molecule has 2 heteroatoms. The lowest BCUT2D eigenvalue weighted by molar-refractivity contribution is -0.132. The monoisotopic (exact) mass is 200 g/mol. The first kappa shape index (κ1) is 11.7. The standard InChI is InChI=1S/C12H21FO/c1-11(2,3)10(14)9-5-7-12(4,13)8-6-9/h9H,5-8H2,1-4H3. The normalized spacial score (nSPS) is 34.2. The van der Waals surface area contributed by atoms with Crippen LogP contribution in [0, 0.1) is 11.3 Å². The van der Waals surface area contributed by atoms with E-state index < -0.39 is 5.67 Å². The smallest absolute Gasteiger partial charge is 0.141 e. The third kappa shape index (κ3) is 2.79. The minimum atomic E-state index is -1.03. The molecule has 0 spiro atoms. The van der Waals surface area contributed by atoms with Gasteiger partial charge in [0.1, 0.15) is 11.5 Å². The number of Topliss-reactive ketones (excluding diaryl/α,β-unsaturated/α-hetero) is 1. The van der Waals surface area contributed by atoms with Gasteiger partial charge in [-0.25, -0.2) is 4.39 Å². The van der Waals surface area contributed by atoms with Crippen LogP contribution in [0.3, 0.4) is 0 Å². The van der Waals surface area contributed by atoms with Gasteiger partial charge in [0.25, 0.3) is 0 Å². The number of ketones is 1. The summed E-state index contributed by atoms with van der Waals surface area (Å²) in [4.78, 5) is 11.9. The van der Waals surface area contributed by atoms with Crippen molar-refractivity contribution in [3.05, 3.63) is 0 Å². The van der Waals surface area contributed by atoms with E-state index >= 15 is 0 Å². The van der Waals surface area contributed by atoms with Crippen LogP contribution < -0.4 is 0 Å². The van der Waals surface area contributed by atoms with Crippen molar-refractivity contribution in [3.63, 3.8) is 0 Å². The molecule has 0 aliphatic heterocycles. The Balaban J connectivity index is 2.55. The highest BCUT2D eigenvalue weighted by Gasteiger charge is 2.37. The average molecular weight is 200 g/mol. The molecule has 0 saturated heterocycles. The molecule has 1 aliphatic rings. The van der Waals surface area contributed by atoms with Crippen molar-refractivity contribution in [2.75, 3.05) is 0 Å². The average Bonchev–Trinajstić information content (AvgIpc) is 2.01. The lowest BCUT2D eigenvalue weighted by Gasteiger charge is -2.33. The zero-order valence-electron chi connectivity index (χ0n) is 9.69. The van der Waals surface area contributed by atoms with Crippen LogP contribution in [0.5, 0.6) is 0 Å². The molecule has 1 aliphatic carbocycles. The van der Waals surface area contributed by atoms with E-state index in [0.29, 0.717) is 18.6 Å². The van der Waals surface area contributed by atoms with E-state index in [-0.39, 0.29) is 11.3 Å². The molecule has 0 heterocycles. The van der Waals surface area contributed by atoms with Crippen molar-refractivity contribution in [2.24, 2.45) is 11.3 Å². The summed E-state index contributed by atoms with van der Waals surface area (Å²) in [6.45, 7) is 7.47. The maximum Gasteiger partial charge on any atom is 0.141 e. The van der Waals surface area contributed by atoms with Crippen LogP contribution in [-0.4, -0.2) is 11.5 Å². The van der Waals surface area contributed by atoms with Gasteiger partial charge in [0.15, 0.2) is 0 Å². The Morgan fingerprint density at radius 3 is 2.07 bits per heavy atom. The van der Waals surface area contributed by atoms with Crippen molar-refractivity contribution in [1.29, 1.82) is 0 Å². The number of hydrogen-bond acceptors (Lipinski definition) is 1. The predicted molar refractivity (Wildman–Crippen MR) is 55.9 cm³/mol. The van der Waals surface area contributed by atoms with Gasteiger partial charge in [-0.1, -0.05) is 20.8 Å². The highest BCUT2D eigenvalue weighted by atomic mass is 19.1. The third-order valence-electron chi connectivity index (χ3n) is 3.14. The van der Waals surface area contributed by atoms with Gasteiger partial charge in [0, 0.05) is 11.3 Å². The molecular weight excluding hydrogens is 179 g/mol. The van der Waals surface area contributed by atoms with Crippen LogP contribution in [0.15, 0.2) is 0 Å². The molecule has 1 fully saturated rings. The molecule has 1 saturated carbocycles.